The van der Waals surface area contributed by atoms with Gasteiger partial charge in [0.2, 0.25) is 6.04 Å². The van der Waals surface area contributed by atoms with Gasteiger partial charge in [-0.3, -0.25) is 9.13 Å². The van der Waals surface area contributed by atoms with Crippen LogP contribution in [-0.2, 0) is 25.5 Å². The van der Waals surface area contributed by atoms with Gasteiger partial charge in [0.1, 0.15) is 11.9 Å². The summed E-state index contributed by atoms with van der Waals surface area (Å²) < 4.78 is 5.55. The number of azo groups is 2. The normalized spacial score (nSPS) is 17.0. The Morgan fingerprint density at radius 3 is 1.96 bits per heavy atom. The first-order chi connectivity index (χ1) is 21.8. The second-order valence-corrected chi connectivity index (χ2v) is 12.6. The Morgan fingerprint density at radius 2 is 1.28 bits per heavy atom. The van der Waals surface area contributed by atoms with Crippen LogP contribution in [0.3, 0.4) is 0 Å². The van der Waals surface area contributed by atoms with Crippen molar-refractivity contribution < 1.29 is 24.8 Å². The molecule has 8 rings (SSSR count). The minimum absolute atomic E-state index is 0. The molecular formula is C40H35IrN4O-. The maximum absolute atomic E-state index is 13.0. The molecule has 2 heterocycles. The first-order valence-electron chi connectivity index (χ1n) is 15.3. The molecule has 46 heavy (non-hydrogen) atoms. The van der Waals surface area contributed by atoms with Gasteiger partial charge in [-0.25, -0.2) is 4.79 Å². The fourth-order valence-electron chi connectivity index (χ4n) is 6.66. The quantitative estimate of drug-likeness (QED) is 0.131. The molecule has 1 aromatic heterocycles. The van der Waals surface area contributed by atoms with Crippen LogP contribution < -0.4 is 5.69 Å². The fourth-order valence-corrected chi connectivity index (χ4v) is 6.66. The van der Waals surface area contributed by atoms with E-state index in [9.17, 15) is 4.79 Å². The molecule has 2 aliphatic rings. The van der Waals surface area contributed by atoms with Crippen LogP contribution in [-0.4, -0.2) is 13.8 Å². The third-order valence-corrected chi connectivity index (χ3v) is 9.71. The molecule has 6 heteroatoms. The first-order valence-corrected chi connectivity index (χ1v) is 15.3. The molecule has 0 saturated carbocycles. The number of benzene rings is 5. The number of fused-ring (bicyclic) bond motifs is 4. The fraction of sp³-hybridized carbons (Fsp3) is 0.175. The molecule has 0 fully saturated rings. The monoisotopic (exact) mass is 780 g/mol. The van der Waals surface area contributed by atoms with E-state index in [1.54, 1.807) is 9.13 Å². The van der Waals surface area contributed by atoms with Crippen molar-refractivity contribution in [3.63, 3.8) is 0 Å². The van der Waals surface area contributed by atoms with Crippen LogP contribution >= 0.6 is 0 Å². The predicted molar refractivity (Wildman–Crippen MR) is 179 cm³/mol. The van der Waals surface area contributed by atoms with Crippen molar-refractivity contribution in [3.8, 4) is 11.4 Å². The van der Waals surface area contributed by atoms with Gasteiger partial charge >= 0.3 is 5.69 Å². The SMILES string of the molecule is CC1(C)C2=CN=[N+](c3[c-]cccc3)C2c2ccccc2C1(C)C.O=c1n(-c2[c-]cccc2)c2ccccc2n1-c1ccccc1.[Ir]. The Kier molecular flexibility index (Phi) is 8.37. The number of para-hydroxylation sites is 5. The summed E-state index contributed by atoms with van der Waals surface area (Å²) in [6, 6.07) is 48.5. The molecule has 0 amide bonds. The van der Waals surface area contributed by atoms with Crippen molar-refractivity contribution in [2.24, 2.45) is 10.5 Å². The molecule has 0 bridgehead atoms. The third kappa shape index (κ3) is 5.02. The van der Waals surface area contributed by atoms with Crippen LogP contribution in [0.15, 0.2) is 149 Å². The number of aromatic nitrogens is 2. The summed E-state index contributed by atoms with van der Waals surface area (Å²) in [6.07, 6.45) is 2.07. The molecule has 1 aliphatic heterocycles. The Labute approximate surface area is 283 Å². The van der Waals surface area contributed by atoms with E-state index < -0.39 is 0 Å². The molecule has 1 unspecified atom stereocenters. The van der Waals surface area contributed by atoms with Gasteiger partial charge in [0, 0.05) is 36.7 Å². The average molecular weight is 780 g/mol. The van der Waals surface area contributed by atoms with Gasteiger partial charge in [-0.05, 0) is 40.4 Å². The van der Waals surface area contributed by atoms with Crippen LogP contribution in [0.5, 0.6) is 0 Å². The van der Waals surface area contributed by atoms with Crippen molar-refractivity contribution in [1.82, 2.24) is 9.13 Å². The smallest absolute Gasteiger partial charge is 0.284 e. The van der Waals surface area contributed by atoms with E-state index in [2.05, 4.69) is 81.1 Å². The number of hydrogen-bond acceptors (Lipinski definition) is 2. The van der Waals surface area contributed by atoms with Crippen LogP contribution in [0.4, 0.5) is 5.69 Å². The molecule has 1 atom stereocenters. The molecule has 0 spiro atoms. The molecular weight excluding hydrogens is 745 g/mol. The predicted octanol–water partition coefficient (Wildman–Crippen LogP) is 9.12. The maximum atomic E-state index is 13.0. The Hall–Kier alpha value is -4.64. The van der Waals surface area contributed by atoms with E-state index in [4.69, 9.17) is 5.11 Å². The van der Waals surface area contributed by atoms with Gasteiger partial charge in [0.15, 0.2) is 0 Å². The van der Waals surface area contributed by atoms with E-state index >= 15 is 0 Å². The molecule has 1 radical (unpaired) electrons. The van der Waals surface area contributed by atoms with E-state index in [1.807, 2.05) is 97.1 Å². The third-order valence-electron chi connectivity index (χ3n) is 9.71. The molecule has 231 valence electrons. The molecule has 6 aromatic rings. The molecule has 0 saturated heterocycles. The van der Waals surface area contributed by atoms with Gasteiger partial charge in [-0.2, -0.15) is 42.5 Å². The summed E-state index contributed by atoms with van der Waals surface area (Å²) in [5.74, 6) is 0. The minimum atomic E-state index is -0.0881. The van der Waals surface area contributed by atoms with Gasteiger partial charge in [-0.1, -0.05) is 98.7 Å². The largest absolute Gasteiger partial charge is 0.336 e. The molecule has 1 aliphatic carbocycles. The second-order valence-electron chi connectivity index (χ2n) is 12.6. The zero-order chi connectivity index (χ0) is 31.2. The van der Waals surface area contributed by atoms with Crippen molar-refractivity contribution in [3.05, 3.63) is 173 Å². The van der Waals surface area contributed by atoms with E-state index in [1.165, 1.54) is 16.7 Å². The Morgan fingerprint density at radius 1 is 0.674 bits per heavy atom. The number of imidazole rings is 1. The van der Waals surface area contributed by atoms with Crippen molar-refractivity contribution in [2.45, 2.75) is 39.2 Å². The molecule has 0 N–H and O–H groups in total. The second kappa shape index (κ2) is 12.3. The minimum Gasteiger partial charge on any atom is -0.284 e. The van der Waals surface area contributed by atoms with Crippen molar-refractivity contribution in [2.75, 3.05) is 0 Å². The summed E-state index contributed by atoms with van der Waals surface area (Å²) >= 11 is 0. The summed E-state index contributed by atoms with van der Waals surface area (Å²) in [6.45, 7) is 9.38. The molecule has 5 nitrogen and oxygen atoms in total. The number of nitrogens with zero attached hydrogens (tertiary/aromatic N) is 4. The first kappa shape index (κ1) is 31.3. The van der Waals surface area contributed by atoms with E-state index in [-0.39, 0.29) is 42.7 Å². The van der Waals surface area contributed by atoms with Crippen molar-refractivity contribution in [1.29, 1.82) is 0 Å². The summed E-state index contributed by atoms with van der Waals surface area (Å²) in [5.41, 5.74) is 8.58. The summed E-state index contributed by atoms with van der Waals surface area (Å²) in [7, 11) is 0. The van der Waals surface area contributed by atoms with Crippen LogP contribution in [0.25, 0.3) is 22.4 Å². The molecule has 5 aromatic carbocycles. The van der Waals surface area contributed by atoms with Gasteiger partial charge in [0.05, 0.1) is 16.7 Å². The Bertz CT molecular complexity index is 2050. The Balaban J connectivity index is 0.000000158. The van der Waals surface area contributed by atoms with Gasteiger partial charge in [0.25, 0.3) is 0 Å². The standard InChI is InChI=1S/C21H22N2.C19H13N2O.Ir/c1-20(2)17-13-9-8-12-16(17)19-18(21(20,3)4)14-22-23(19)15-10-6-5-7-11-15;22-19-20(15-9-3-1-4-10-15)17-13-7-8-14-18(17)21(19)16-11-5-2-6-12-16;/h5-10,12-14,19H,1-4H3;1-11,13-14H;/q;-1;. The number of hydrogen-bond donors (Lipinski definition) is 0. The van der Waals surface area contributed by atoms with Crippen LogP contribution in [0.1, 0.15) is 44.9 Å². The van der Waals surface area contributed by atoms with E-state index in [0.29, 0.717) is 0 Å². The maximum Gasteiger partial charge on any atom is 0.336 e. The van der Waals surface area contributed by atoms with Crippen LogP contribution in [0.2, 0.25) is 0 Å². The van der Waals surface area contributed by atoms with Gasteiger partial charge < -0.3 is 0 Å². The van der Waals surface area contributed by atoms with Gasteiger partial charge in [-0.15, -0.1) is 12.1 Å². The topological polar surface area (TPSA) is 42.3 Å². The van der Waals surface area contributed by atoms with Crippen molar-refractivity contribution >= 4 is 16.7 Å². The van der Waals surface area contributed by atoms with Crippen LogP contribution in [0, 0.1) is 17.5 Å². The zero-order valence-electron chi connectivity index (χ0n) is 26.3. The summed E-state index contributed by atoms with van der Waals surface area (Å²) in [5, 5.41) is 4.75. The zero-order valence-corrected chi connectivity index (χ0v) is 28.7. The number of rotatable bonds is 3. The summed E-state index contributed by atoms with van der Waals surface area (Å²) in [4.78, 5) is 13.0. The average Bonchev–Trinajstić information content (AvgIpc) is 3.65. The van der Waals surface area contributed by atoms with E-state index in [0.717, 1.165) is 28.1 Å².